The smallest absolute Gasteiger partial charge is 0.180 e. The van der Waals surface area contributed by atoms with Crippen LogP contribution in [0, 0.1) is 0 Å². The van der Waals surface area contributed by atoms with Crippen LogP contribution >= 0.6 is 0 Å². The van der Waals surface area contributed by atoms with Crippen LogP contribution in [-0.4, -0.2) is 18.7 Å². The molecule has 0 N–H and O–H groups in total. The Morgan fingerprint density at radius 2 is 2.67 bits per heavy atom. The molecule has 0 atom stereocenters. The van der Waals surface area contributed by atoms with E-state index in [-0.39, 0.29) is 0 Å². The predicted molar refractivity (Wildman–Crippen MR) is 32.1 cm³/mol. The van der Waals surface area contributed by atoms with Crippen LogP contribution in [0.2, 0.25) is 0 Å². The second-order valence-corrected chi connectivity index (χ2v) is 1.71. The molecule has 1 aromatic rings. The Hall–Kier alpha value is -0.830. The van der Waals surface area contributed by atoms with Gasteiger partial charge in [0.15, 0.2) is 6.39 Å². The van der Waals surface area contributed by atoms with E-state index in [4.69, 9.17) is 9.15 Å². The van der Waals surface area contributed by atoms with Crippen molar-refractivity contribution in [3.05, 3.63) is 18.4 Å². The van der Waals surface area contributed by atoms with E-state index in [1.165, 1.54) is 6.39 Å². The molecule has 0 radical (unpaired) electrons. The van der Waals surface area contributed by atoms with Gasteiger partial charge in [-0.1, -0.05) is 0 Å². The van der Waals surface area contributed by atoms with E-state index < -0.39 is 0 Å². The van der Waals surface area contributed by atoms with Gasteiger partial charge >= 0.3 is 0 Å². The highest BCUT2D eigenvalue weighted by Crippen LogP contribution is 1.96. The average molecular weight is 127 g/mol. The predicted octanol–water partition coefficient (Wildman–Crippen LogP) is 0.864. The molecule has 0 aromatic carbocycles. The largest absolute Gasteiger partial charge is 0.448 e. The molecule has 0 amide bonds. The molecule has 0 bridgehead atoms. The highest BCUT2D eigenvalue weighted by molar-refractivity contribution is 4.87. The zero-order chi connectivity index (χ0) is 6.53. The van der Waals surface area contributed by atoms with E-state index in [0.29, 0.717) is 6.61 Å². The second-order valence-electron chi connectivity index (χ2n) is 1.71. The molecule has 3 nitrogen and oxygen atoms in total. The summed E-state index contributed by atoms with van der Waals surface area (Å²) in [6.45, 7) is 0.690. The minimum atomic E-state index is 0.690. The fourth-order valence-electron chi connectivity index (χ4n) is 0.568. The Kier molecular flexibility index (Phi) is 2.27. The first-order valence-electron chi connectivity index (χ1n) is 2.80. The Balaban J connectivity index is 2.30. The molecule has 3 heteroatoms. The van der Waals surface area contributed by atoms with E-state index in [1.54, 1.807) is 13.3 Å². The average Bonchev–Trinajstić information content (AvgIpc) is 2.34. The molecule has 0 saturated carbocycles. The van der Waals surface area contributed by atoms with Gasteiger partial charge < -0.3 is 9.15 Å². The van der Waals surface area contributed by atoms with Crippen LogP contribution in [0.25, 0.3) is 0 Å². The molecular weight excluding hydrogens is 118 g/mol. The van der Waals surface area contributed by atoms with Crippen LogP contribution in [0.1, 0.15) is 5.76 Å². The van der Waals surface area contributed by atoms with Crippen molar-refractivity contribution in [2.24, 2.45) is 0 Å². The highest BCUT2D eigenvalue weighted by atomic mass is 16.5. The van der Waals surface area contributed by atoms with Crippen LogP contribution in [-0.2, 0) is 11.2 Å². The van der Waals surface area contributed by atoms with Gasteiger partial charge in [0.2, 0.25) is 0 Å². The maximum absolute atomic E-state index is 4.94. The summed E-state index contributed by atoms with van der Waals surface area (Å²) >= 11 is 0. The van der Waals surface area contributed by atoms with Crippen LogP contribution in [0.5, 0.6) is 0 Å². The summed E-state index contributed by atoms with van der Waals surface area (Å²) in [4.78, 5) is 3.75. The normalized spacial score (nSPS) is 9.89. The van der Waals surface area contributed by atoms with Crippen molar-refractivity contribution < 1.29 is 9.15 Å². The van der Waals surface area contributed by atoms with Crippen molar-refractivity contribution in [2.45, 2.75) is 6.42 Å². The summed E-state index contributed by atoms with van der Waals surface area (Å²) in [5.74, 6) is 0.872. The topological polar surface area (TPSA) is 35.3 Å². The summed E-state index contributed by atoms with van der Waals surface area (Å²) in [7, 11) is 1.66. The standard InChI is InChI=1S/C6H9NO2/c1-8-3-2-6-4-7-5-9-6/h4-5H,2-3H2,1H3. The third-order valence-corrected chi connectivity index (χ3v) is 1.04. The fourth-order valence-corrected chi connectivity index (χ4v) is 0.568. The summed E-state index contributed by atoms with van der Waals surface area (Å²) < 4.78 is 9.77. The maximum Gasteiger partial charge on any atom is 0.180 e. The second kappa shape index (κ2) is 3.25. The summed E-state index contributed by atoms with van der Waals surface area (Å²) in [6, 6.07) is 0. The zero-order valence-electron chi connectivity index (χ0n) is 5.33. The fraction of sp³-hybridized carbons (Fsp3) is 0.500. The highest BCUT2D eigenvalue weighted by Gasteiger charge is 1.92. The van der Waals surface area contributed by atoms with Crippen LogP contribution < -0.4 is 0 Å². The van der Waals surface area contributed by atoms with Crippen molar-refractivity contribution in [1.82, 2.24) is 4.98 Å². The van der Waals surface area contributed by atoms with Crippen molar-refractivity contribution >= 4 is 0 Å². The van der Waals surface area contributed by atoms with Gasteiger partial charge in [-0.3, -0.25) is 0 Å². The van der Waals surface area contributed by atoms with Crippen molar-refractivity contribution in [3.63, 3.8) is 0 Å². The van der Waals surface area contributed by atoms with Crippen molar-refractivity contribution in [3.8, 4) is 0 Å². The van der Waals surface area contributed by atoms with E-state index in [1.807, 2.05) is 0 Å². The number of methoxy groups -OCH3 is 1. The number of hydrogen-bond donors (Lipinski definition) is 0. The van der Waals surface area contributed by atoms with Gasteiger partial charge in [-0.15, -0.1) is 0 Å². The molecule has 0 saturated heterocycles. The van der Waals surface area contributed by atoms with Crippen LogP contribution in [0.4, 0.5) is 0 Å². The van der Waals surface area contributed by atoms with Gasteiger partial charge in [-0.05, 0) is 0 Å². The van der Waals surface area contributed by atoms with Gasteiger partial charge in [0, 0.05) is 13.5 Å². The minimum absolute atomic E-state index is 0.690. The molecule has 0 fully saturated rings. The summed E-state index contributed by atoms with van der Waals surface area (Å²) in [5.41, 5.74) is 0. The minimum Gasteiger partial charge on any atom is -0.448 e. The lowest BCUT2D eigenvalue weighted by Gasteiger charge is -1.91. The molecule has 9 heavy (non-hydrogen) atoms. The van der Waals surface area contributed by atoms with Gasteiger partial charge in [0.1, 0.15) is 5.76 Å². The SMILES string of the molecule is COCCc1cnco1. The Morgan fingerprint density at radius 1 is 1.78 bits per heavy atom. The molecule has 0 unspecified atom stereocenters. The molecule has 0 spiro atoms. The Morgan fingerprint density at radius 3 is 3.22 bits per heavy atom. The van der Waals surface area contributed by atoms with E-state index in [9.17, 15) is 0 Å². The molecule has 0 aliphatic heterocycles. The number of rotatable bonds is 3. The molecule has 0 aliphatic rings. The molecule has 1 heterocycles. The van der Waals surface area contributed by atoms with Gasteiger partial charge in [-0.2, -0.15) is 0 Å². The zero-order valence-corrected chi connectivity index (χ0v) is 5.33. The van der Waals surface area contributed by atoms with Crippen molar-refractivity contribution in [2.75, 3.05) is 13.7 Å². The molecule has 1 aromatic heterocycles. The molecule has 50 valence electrons. The quantitative estimate of drug-likeness (QED) is 0.604. The first kappa shape index (κ1) is 6.29. The third kappa shape index (κ3) is 1.85. The number of nitrogens with zero attached hydrogens (tertiary/aromatic N) is 1. The van der Waals surface area contributed by atoms with Gasteiger partial charge in [0.05, 0.1) is 12.8 Å². The molecular formula is C6H9NO2. The first-order chi connectivity index (χ1) is 4.43. The number of hydrogen-bond acceptors (Lipinski definition) is 3. The van der Waals surface area contributed by atoms with Gasteiger partial charge in [-0.25, -0.2) is 4.98 Å². The summed E-state index contributed by atoms with van der Waals surface area (Å²) in [6.07, 6.45) is 3.92. The Bertz CT molecular complexity index is 148. The first-order valence-corrected chi connectivity index (χ1v) is 2.80. The van der Waals surface area contributed by atoms with Gasteiger partial charge in [0.25, 0.3) is 0 Å². The third-order valence-electron chi connectivity index (χ3n) is 1.04. The molecule has 1 rings (SSSR count). The van der Waals surface area contributed by atoms with Crippen LogP contribution in [0.3, 0.4) is 0 Å². The maximum atomic E-state index is 4.94. The van der Waals surface area contributed by atoms with E-state index in [0.717, 1.165) is 12.2 Å². The Labute approximate surface area is 53.7 Å². The monoisotopic (exact) mass is 127 g/mol. The van der Waals surface area contributed by atoms with E-state index in [2.05, 4.69) is 4.98 Å². The van der Waals surface area contributed by atoms with Crippen LogP contribution in [0.15, 0.2) is 17.0 Å². The summed E-state index contributed by atoms with van der Waals surface area (Å²) in [5, 5.41) is 0. The number of ether oxygens (including phenoxy) is 1. The lowest BCUT2D eigenvalue weighted by atomic mass is 10.4. The van der Waals surface area contributed by atoms with Crippen molar-refractivity contribution in [1.29, 1.82) is 0 Å². The van der Waals surface area contributed by atoms with E-state index >= 15 is 0 Å². The molecule has 0 aliphatic carbocycles. The number of oxazole rings is 1. The number of aromatic nitrogens is 1. The lowest BCUT2D eigenvalue weighted by Crippen LogP contribution is -1.91. The lowest BCUT2D eigenvalue weighted by molar-refractivity contribution is 0.196.